The predicted octanol–water partition coefficient (Wildman–Crippen LogP) is 3.34. The van der Waals surface area contributed by atoms with Crippen LogP contribution < -0.4 is 0 Å². The predicted molar refractivity (Wildman–Crippen MR) is 75.5 cm³/mol. The van der Waals surface area contributed by atoms with Crippen LogP contribution in [0.4, 0.5) is 0 Å². The van der Waals surface area contributed by atoms with Crippen LogP contribution in [0.5, 0.6) is 0 Å². The van der Waals surface area contributed by atoms with Gasteiger partial charge < -0.3 is 9.67 Å². The molecule has 0 bridgehead atoms. The largest absolute Gasteiger partial charge is 0.478 e. The molecule has 4 nitrogen and oxygen atoms in total. The molecule has 1 heterocycles. The first-order valence-electron chi connectivity index (χ1n) is 6.54. The van der Waals surface area contributed by atoms with Crippen LogP contribution in [0.15, 0.2) is 18.2 Å². The fourth-order valence-corrected chi connectivity index (χ4v) is 2.23. The number of aromatic carboxylic acids is 1. The van der Waals surface area contributed by atoms with Gasteiger partial charge in [0.25, 0.3) is 0 Å². The van der Waals surface area contributed by atoms with Gasteiger partial charge in [-0.1, -0.05) is 27.7 Å². The van der Waals surface area contributed by atoms with E-state index >= 15 is 0 Å². The van der Waals surface area contributed by atoms with Gasteiger partial charge in [-0.05, 0) is 23.6 Å². The van der Waals surface area contributed by atoms with Crippen molar-refractivity contribution in [1.29, 1.82) is 0 Å². The minimum Gasteiger partial charge on any atom is -0.478 e. The van der Waals surface area contributed by atoms with Crippen molar-refractivity contribution >= 4 is 17.0 Å². The van der Waals surface area contributed by atoms with Crippen molar-refractivity contribution in [3.8, 4) is 0 Å². The van der Waals surface area contributed by atoms with Crippen molar-refractivity contribution in [3.05, 3.63) is 29.6 Å². The molecule has 0 saturated heterocycles. The van der Waals surface area contributed by atoms with Crippen LogP contribution in [0.25, 0.3) is 11.0 Å². The van der Waals surface area contributed by atoms with Gasteiger partial charge in [-0.3, -0.25) is 0 Å². The third-order valence-corrected chi connectivity index (χ3v) is 3.02. The molecule has 0 aliphatic heterocycles. The van der Waals surface area contributed by atoms with E-state index in [0.717, 1.165) is 29.8 Å². The Bertz CT molecular complexity index is 621. The first-order valence-corrected chi connectivity index (χ1v) is 6.54. The number of carboxylic acid groups (broad SMARTS) is 1. The van der Waals surface area contributed by atoms with Gasteiger partial charge in [0, 0.05) is 13.0 Å². The number of hydrogen-bond donors (Lipinski definition) is 1. The summed E-state index contributed by atoms with van der Waals surface area (Å²) in [6.45, 7) is 9.50. The summed E-state index contributed by atoms with van der Waals surface area (Å²) in [6, 6.07) is 5.15. The maximum atomic E-state index is 11.0. The van der Waals surface area contributed by atoms with Gasteiger partial charge in [0.1, 0.15) is 5.82 Å². The summed E-state index contributed by atoms with van der Waals surface area (Å²) in [5.74, 6) is 0.0952. The third kappa shape index (κ3) is 2.78. The number of hydrogen-bond acceptors (Lipinski definition) is 2. The molecule has 0 unspecified atom stereocenters. The summed E-state index contributed by atoms with van der Waals surface area (Å²) >= 11 is 0. The van der Waals surface area contributed by atoms with Gasteiger partial charge in [-0.15, -0.1) is 0 Å². The van der Waals surface area contributed by atoms with Crippen LogP contribution in [0.3, 0.4) is 0 Å². The zero-order chi connectivity index (χ0) is 14.2. The van der Waals surface area contributed by atoms with Gasteiger partial charge in [0.15, 0.2) is 0 Å². The molecule has 4 heteroatoms. The second-order valence-corrected chi connectivity index (χ2v) is 6.04. The van der Waals surface area contributed by atoms with E-state index in [9.17, 15) is 4.79 Å². The van der Waals surface area contributed by atoms with Crippen LogP contribution in [-0.2, 0) is 13.0 Å². The highest BCUT2D eigenvalue weighted by molar-refractivity contribution is 5.92. The van der Waals surface area contributed by atoms with Crippen LogP contribution in [0.1, 0.15) is 43.9 Å². The van der Waals surface area contributed by atoms with E-state index in [1.165, 1.54) is 0 Å². The van der Waals surface area contributed by atoms with Gasteiger partial charge >= 0.3 is 5.97 Å². The second kappa shape index (κ2) is 4.68. The number of rotatable bonds is 3. The van der Waals surface area contributed by atoms with Crippen LogP contribution >= 0.6 is 0 Å². The van der Waals surface area contributed by atoms with E-state index in [0.29, 0.717) is 0 Å². The van der Waals surface area contributed by atoms with Crippen molar-refractivity contribution in [2.24, 2.45) is 5.41 Å². The van der Waals surface area contributed by atoms with Crippen molar-refractivity contribution in [1.82, 2.24) is 9.55 Å². The fourth-order valence-electron chi connectivity index (χ4n) is 2.23. The Morgan fingerprint density at radius 1 is 1.37 bits per heavy atom. The van der Waals surface area contributed by atoms with E-state index in [1.807, 2.05) is 6.07 Å². The van der Waals surface area contributed by atoms with Gasteiger partial charge in [0.2, 0.25) is 0 Å². The molecule has 2 aromatic rings. The van der Waals surface area contributed by atoms with Crippen molar-refractivity contribution in [2.45, 2.75) is 40.7 Å². The Morgan fingerprint density at radius 2 is 2.05 bits per heavy atom. The van der Waals surface area contributed by atoms with Crippen LogP contribution in [0, 0.1) is 5.41 Å². The molecular weight excluding hydrogens is 240 g/mol. The highest BCUT2D eigenvalue weighted by atomic mass is 16.4. The summed E-state index contributed by atoms with van der Waals surface area (Å²) in [4.78, 5) is 15.6. The molecule has 2 rings (SSSR count). The van der Waals surface area contributed by atoms with E-state index in [4.69, 9.17) is 5.11 Å². The summed E-state index contributed by atoms with van der Waals surface area (Å²) in [5, 5.41) is 9.03. The zero-order valence-electron chi connectivity index (χ0n) is 11.9. The fraction of sp³-hybridized carbons (Fsp3) is 0.467. The molecule has 0 spiro atoms. The lowest BCUT2D eigenvalue weighted by atomic mass is 9.96. The Labute approximate surface area is 113 Å². The lowest BCUT2D eigenvalue weighted by molar-refractivity contribution is 0.0697. The number of aromatic nitrogens is 2. The monoisotopic (exact) mass is 260 g/mol. The smallest absolute Gasteiger partial charge is 0.335 e. The average molecular weight is 260 g/mol. The number of carboxylic acids is 1. The summed E-state index contributed by atoms with van der Waals surface area (Å²) in [7, 11) is 0. The van der Waals surface area contributed by atoms with Gasteiger partial charge in [0.05, 0.1) is 16.6 Å². The first kappa shape index (κ1) is 13.6. The Kier molecular flexibility index (Phi) is 3.35. The molecule has 0 aliphatic carbocycles. The summed E-state index contributed by atoms with van der Waals surface area (Å²) in [5.41, 5.74) is 2.22. The molecule has 0 amide bonds. The quantitative estimate of drug-likeness (QED) is 0.920. The van der Waals surface area contributed by atoms with Gasteiger partial charge in [-0.2, -0.15) is 0 Å². The molecule has 0 saturated carbocycles. The molecule has 0 fully saturated rings. The standard InChI is InChI=1S/C15H20N2O2/c1-5-13-16-11-8-10(14(18)19)6-7-12(11)17(13)9-15(2,3)4/h6-8H,5,9H2,1-4H3,(H,18,19). The number of aryl methyl sites for hydroxylation is 1. The maximum Gasteiger partial charge on any atom is 0.335 e. The van der Waals surface area contributed by atoms with Crippen molar-refractivity contribution in [3.63, 3.8) is 0 Å². The third-order valence-electron chi connectivity index (χ3n) is 3.02. The lowest BCUT2D eigenvalue weighted by Gasteiger charge is -2.21. The Balaban J connectivity index is 2.59. The molecule has 0 aliphatic rings. The molecule has 19 heavy (non-hydrogen) atoms. The number of carbonyl (C=O) groups is 1. The number of fused-ring (bicyclic) bond motifs is 1. The van der Waals surface area contributed by atoms with Crippen molar-refractivity contribution < 1.29 is 9.90 Å². The van der Waals surface area contributed by atoms with Crippen LogP contribution in [-0.4, -0.2) is 20.6 Å². The molecule has 1 aromatic carbocycles. The molecule has 1 N–H and O–H groups in total. The first-order chi connectivity index (χ1) is 8.81. The maximum absolute atomic E-state index is 11.0. The number of nitrogens with zero attached hydrogens (tertiary/aromatic N) is 2. The minimum atomic E-state index is -0.912. The number of imidazole rings is 1. The normalized spacial score (nSPS) is 12.0. The number of benzene rings is 1. The van der Waals surface area contributed by atoms with E-state index < -0.39 is 5.97 Å². The highest BCUT2D eigenvalue weighted by Gasteiger charge is 2.17. The molecular formula is C15H20N2O2. The van der Waals surface area contributed by atoms with Crippen LogP contribution in [0.2, 0.25) is 0 Å². The lowest BCUT2D eigenvalue weighted by Crippen LogP contribution is -2.17. The van der Waals surface area contributed by atoms with E-state index in [2.05, 4.69) is 37.2 Å². The molecule has 1 aromatic heterocycles. The van der Waals surface area contributed by atoms with E-state index in [1.54, 1.807) is 12.1 Å². The van der Waals surface area contributed by atoms with E-state index in [-0.39, 0.29) is 11.0 Å². The van der Waals surface area contributed by atoms with Crippen molar-refractivity contribution in [2.75, 3.05) is 0 Å². The Hall–Kier alpha value is -1.84. The molecule has 102 valence electrons. The summed E-state index contributed by atoms with van der Waals surface area (Å²) in [6.07, 6.45) is 0.840. The van der Waals surface area contributed by atoms with Gasteiger partial charge in [-0.25, -0.2) is 9.78 Å². The topological polar surface area (TPSA) is 55.1 Å². The second-order valence-electron chi connectivity index (χ2n) is 6.04. The molecule has 0 atom stereocenters. The molecule has 0 radical (unpaired) electrons. The average Bonchev–Trinajstić information content (AvgIpc) is 2.64. The Morgan fingerprint density at radius 3 is 2.58 bits per heavy atom. The zero-order valence-corrected chi connectivity index (χ0v) is 11.9. The summed E-state index contributed by atoms with van der Waals surface area (Å²) < 4.78 is 2.20. The highest BCUT2D eigenvalue weighted by Crippen LogP contribution is 2.24. The SMILES string of the molecule is CCc1nc2cc(C(=O)O)ccc2n1CC(C)(C)C. The minimum absolute atomic E-state index is 0.156.